The van der Waals surface area contributed by atoms with Gasteiger partial charge in [0.05, 0.1) is 17.5 Å². The number of hydrogen-bond acceptors (Lipinski definition) is 3. The summed E-state index contributed by atoms with van der Waals surface area (Å²) in [6, 6.07) is 3.27. The Morgan fingerprint density at radius 1 is 1.67 bits per heavy atom. The molecule has 5 heteroatoms. The Kier molecular flexibility index (Phi) is 3.68. The van der Waals surface area contributed by atoms with E-state index in [0.29, 0.717) is 5.56 Å². The average Bonchev–Trinajstić information content (AvgIpc) is 2.17. The smallest absolute Gasteiger partial charge is 0.356 e. The van der Waals surface area contributed by atoms with Crippen molar-refractivity contribution in [1.82, 2.24) is 4.98 Å². The van der Waals surface area contributed by atoms with Crippen LogP contribution in [-0.2, 0) is 0 Å². The van der Waals surface area contributed by atoms with Crippen molar-refractivity contribution in [2.75, 3.05) is 0 Å². The molecular formula is C10H5ClN2O2. The summed E-state index contributed by atoms with van der Waals surface area (Å²) < 4.78 is 0. The van der Waals surface area contributed by atoms with Crippen molar-refractivity contribution < 1.29 is 9.90 Å². The van der Waals surface area contributed by atoms with E-state index >= 15 is 0 Å². The maximum absolute atomic E-state index is 10.6. The Labute approximate surface area is 91.1 Å². The lowest BCUT2D eigenvalue weighted by molar-refractivity contribution is 0.0690. The van der Waals surface area contributed by atoms with Gasteiger partial charge in [0.15, 0.2) is 5.69 Å². The third kappa shape index (κ3) is 2.98. The molecule has 0 aromatic carbocycles. The number of nitrogens with zero attached hydrogens (tertiary/aromatic N) is 2. The molecule has 0 saturated heterocycles. The molecule has 0 aliphatic carbocycles. The SMILES string of the molecule is N#CCC#Cc1cnc(C(=O)O)c(Cl)c1. The molecule has 1 heterocycles. The fourth-order valence-corrected chi connectivity index (χ4v) is 1.10. The predicted octanol–water partition coefficient (Wildman–Crippen LogP) is 1.70. The van der Waals surface area contributed by atoms with Crippen LogP contribution in [0.2, 0.25) is 5.02 Å². The monoisotopic (exact) mass is 220 g/mol. The standard InChI is InChI=1S/C10H5ClN2O2/c11-8-5-7(3-1-2-4-12)6-13-9(8)10(14)15/h5-6H,2H2,(H,14,15). The Hall–Kier alpha value is -2.04. The zero-order valence-electron chi connectivity index (χ0n) is 7.49. The van der Waals surface area contributed by atoms with Crippen LogP contribution in [0, 0.1) is 23.2 Å². The molecule has 0 fully saturated rings. The van der Waals surface area contributed by atoms with Crippen LogP contribution < -0.4 is 0 Å². The first-order valence-electron chi connectivity index (χ1n) is 3.90. The van der Waals surface area contributed by atoms with E-state index in [1.165, 1.54) is 12.3 Å². The largest absolute Gasteiger partial charge is 0.476 e. The van der Waals surface area contributed by atoms with E-state index < -0.39 is 5.97 Å². The first-order valence-corrected chi connectivity index (χ1v) is 4.27. The Morgan fingerprint density at radius 2 is 2.40 bits per heavy atom. The minimum atomic E-state index is -1.18. The Morgan fingerprint density at radius 3 is 2.93 bits per heavy atom. The summed E-state index contributed by atoms with van der Waals surface area (Å²) in [6.45, 7) is 0. The molecule has 0 atom stereocenters. The molecule has 0 amide bonds. The van der Waals surface area contributed by atoms with Crippen molar-refractivity contribution in [3.8, 4) is 17.9 Å². The number of carbonyl (C=O) groups is 1. The van der Waals surface area contributed by atoms with Crippen LogP contribution in [0.4, 0.5) is 0 Å². The molecule has 0 saturated carbocycles. The third-order valence-corrected chi connectivity index (χ3v) is 1.73. The van der Waals surface area contributed by atoms with Gasteiger partial charge in [-0.25, -0.2) is 9.78 Å². The van der Waals surface area contributed by atoms with Crippen molar-refractivity contribution in [1.29, 1.82) is 5.26 Å². The number of aromatic carboxylic acids is 1. The van der Waals surface area contributed by atoms with E-state index in [-0.39, 0.29) is 17.1 Å². The number of hydrogen-bond donors (Lipinski definition) is 1. The van der Waals surface area contributed by atoms with Gasteiger partial charge in [0.2, 0.25) is 0 Å². The van der Waals surface area contributed by atoms with Crippen LogP contribution in [-0.4, -0.2) is 16.1 Å². The van der Waals surface area contributed by atoms with Crippen molar-refractivity contribution >= 4 is 17.6 Å². The molecule has 1 aromatic heterocycles. The summed E-state index contributed by atoms with van der Waals surface area (Å²) >= 11 is 5.66. The highest BCUT2D eigenvalue weighted by atomic mass is 35.5. The summed E-state index contributed by atoms with van der Waals surface area (Å²) in [5, 5.41) is 16.9. The minimum Gasteiger partial charge on any atom is -0.476 e. The topological polar surface area (TPSA) is 74.0 Å². The molecule has 0 spiro atoms. The van der Waals surface area contributed by atoms with Crippen molar-refractivity contribution in [3.05, 3.63) is 28.5 Å². The molecule has 0 radical (unpaired) electrons. The number of halogens is 1. The number of aromatic nitrogens is 1. The van der Waals surface area contributed by atoms with Crippen LogP contribution in [0.25, 0.3) is 0 Å². The lowest BCUT2D eigenvalue weighted by atomic mass is 10.2. The number of carboxylic acid groups (broad SMARTS) is 1. The van der Waals surface area contributed by atoms with Gasteiger partial charge < -0.3 is 5.11 Å². The van der Waals surface area contributed by atoms with Crippen LogP contribution in [0.1, 0.15) is 22.5 Å². The number of rotatable bonds is 1. The van der Waals surface area contributed by atoms with Gasteiger partial charge in [0.25, 0.3) is 0 Å². The van der Waals surface area contributed by atoms with E-state index in [4.69, 9.17) is 22.0 Å². The molecule has 0 aliphatic rings. The van der Waals surface area contributed by atoms with Gasteiger partial charge in [-0.2, -0.15) is 5.26 Å². The minimum absolute atomic E-state index is 0.0336. The van der Waals surface area contributed by atoms with Crippen LogP contribution in [0.3, 0.4) is 0 Å². The molecule has 1 rings (SSSR count). The molecule has 4 nitrogen and oxygen atoms in total. The van der Waals surface area contributed by atoms with Crippen LogP contribution in [0.15, 0.2) is 12.3 Å². The van der Waals surface area contributed by atoms with Gasteiger partial charge in [-0.05, 0) is 6.07 Å². The van der Waals surface area contributed by atoms with Crippen LogP contribution in [0.5, 0.6) is 0 Å². The van der Waals surface area contributed by atoms with E-state index in [1.807, 2.05) is 6.07 Å². The van der Waals surface area contributed by atoms with Gasteiger partial charge in [0, 0.05) is 11.8 Å². The number of nitriles is 1. The van der Waals surface area contributed by atoms with E-state index in [9.17, 15) is 4.79 Å². The van der Waals surface area contributed by atoms with Crippen molar-refractivity contribution in [2.24, 2.45) is 0 Å². The molecule has 1 aromatic rings. The summed E-state index contributed by atoms with van der Waals surface area (Å²) in [4.78, 5) is 14.2. The number of pyridine rings is 1. The fourth-order valence-electron chi connectivity index (χ4n) is 0.849. The molecule has 0 bridgehead atoms. The molecule has 15 heavy (non-hydrogen) atoms. The quantitative estimate of drug-likeness (QED) is 0.731. The first-order chi connectivity index (χ1) is 7.15. The molecular weight excluding hydrogens is 216 g/mol. The molecule has 0 unspecified atom stereocenters. The summed E-state index contributed by atoms with van der Waals surface area (Å²) in [7, 11) is 0. The van der Waals surface area contributed by atoms with Crippen LogP contribution >= 0.6 is 11.6 Å². The Bertz CT molecular complexity index is 494. The third-order valence-electron chi connectivity index (χ3n) is 1.44. The van der Waals surface area contributed by atoms with E-state index in [2.05, 4.69) is 16.8 Å². The second-order valence-electron chi connectivity index (χ2n) is 2.50. The van der Waals surface area contributed by atoms with Gasteiger partial charge in [-0.3, -0.25) is 0 Å². The lowest BCUT2D eigenvalue weighted by Gasteiger charge is -1.97. The van der Waals surface area contributed by atoms with Gasteiger partial charge in [-0.1, -0.05) is 23.4 Å². The molecule has 0 aliphatic heterocycles. The normalized spacial score (nSPS) is 8.53. The second-order valence-corrected chi connectivity index (χ2v) is 2.90. The Balaban J connectivity index is 2.99. The average molecular weight is 221 g/mol. The summed E-state index contributed by atoms with van der Waals surface area (Å²) in [6.07, 6.45) is 1.41. The summed E-state index contributed by atoms with van der Waals surface area (Å²) in [5.74, 6) is 4.03. The lowest BCUT2D eigenvalue weighted by Crippen LogP contribution is -2.01. The van der Waals surface area contributed by atoms with Gasteiger partial charge in [0.1, 0.15) is 0 Å². The van der Waals surface area contributed by atoms with Gasteiger partial charge >= 0.3 is 5.97 Å². The number of carboxylic acids is 1. The second kappa shape index (κ2) is 4.99. The van der Waals surface area contributed by atoms with Gasteiger partial charge in [-0.15, -0.1) is 0 Å². The van der Waals surface area contributed by atoms with E-state index in [0.717, 1.165) is 0 Å². The molecule has 1 N–H and O–H groups in total. The highest BCUT2D eigenvalue weighted by molar-refractivity contribution is 6.33. The van der Waals surface area contributed by atoms with Crippen molar-refractivity contribution in [3.63, 3.8) is 0 Å². The molecule has 74 valence electrons. The maximum atomic E-state index is 10.6. The zero-order valence-corrected chi connectivity index (χ0v) is 8.25. The summed E-state index contributed by atoms with van der Waals surface area (Å²) in [5.41, 5.74) is 0.280. The predicted molar refractivity (Wildman–Crippen MR) is 53.3 cm³/mol. The highest BCUT2D eigenvalue weighted by Crippen LogP contribution is 2.14. The van der Waals surface area contributed by atoms with Crippen molar-refractivity contribution in [2.45, 2.75) is 6.42 Å². The zero-order chi connectivity index (χ0) is 11.3. The first kappa shape index (κ1) is 11.0. The highest BCUT2D eigenvalue weighted by Gasteiger charge is 2.09. The maximum Gasteiger partial charge on any atom is 0.356 e. The van der Waals surface area contributed by atoms with E-state index in [1.54, 1.807) is 0 Å². The fraction of sp³-hybridized carbons (Fsp3) is 0.100.